The van der Waals surface area contributed by atoms with E-state index >= 15 is 0 Å². The monoisotopic (exact) mass is 646 g/mol. The number of aryl methyl sites for hydroxylation is 2. The van der Waals surface area contributed by atoms with Crippen LogP contribution in [0.2, 0.25) is 0 Å². The van der Waals surface area contributed by atoms with Gasteiger partial charge in [0.1, 0.15) is 12.2 Å². The largest absolute Gasteiger partial charge is 0.441 e. The summed E-state index contributed by atoms with van der Waals surface area (Å²) < 4.78 is 66.6. The highest BCUT2D eigenvalue weighted by atomic mass is 32.2. The van der Waals surface area contributed by atoms with E-state index in [0.717, 1.165) is 75.3 Å². The number of rotatable bonds is 10. The van der Waals surface area contributed by atoms with Crippen molar-refractivity contribution in [2.45, 2.75) is 100 Å². The molecule has 0 heterocycles. The van der Waals surface area contributed by atoms with Crippen molar-refractivity contribution in [3.05, 3.63) is 71.8 Å². The van der Waals surface area contributed by atoms with Crippen molar-refractivity contribution in [2.75, 3.05) is 0 Å². The lowest BCUT2D eigenvalue weighted by atomic mass is 9.83. The van der Waals surface area contributed by atoms with Crippen LogP contribution in [0.3, 0.4) is 0 Å². The third-order valence-corrected chi connectivity index (χ3v) is 11.0. The van der Waals surface area contributed by atoms with Gasteiger partial charge in [0.2, 0.25) is 0 Å². The van der Waals surface area contributed by atoms with Gasteiger partial charge in [-0.15, -0.1) is 0 Å². The topological polar surface area (TPSA) is 145 Å². The molecule has 0 radical (unpaired) electrons. The van der Waals surface area contributed by atoms with Crippen LogP contribution in [-0.4, -0.2) is 41.2 Å². The van der Waals surface area contributed by atoms with E-state index in [-0.39, 0.29) is 21.6 Å². The van der Waals surface area contributed by atoms with Crippen LogP contribution in [0, 0.1) is 25.7 Å². The Hall–Kier alpha value is -3.38. The second-order valence-electron chi connectivity index (χ2n) is 11.8. The molecule has 0 aliphatic heterocycles. The molecule has 2 saturated carbocycles. The highest BCUT2D eigenvalue weighted by Gasteiger charge is 2.31. The third-order valence-electron chi connectivity index (χ3n) is 8.30. The zero-order valence-corrected chi connectivity index (χ0v) is 26.9. The molecule has 2 amide bonds. The van der Waals surface area contributed by atoms with Crippen molar-refractivity contribution in [1.82, 2.24) is 9.44 Å². The highest BCUT2D eigenvalue weighted by Crippen LogP contribution is 2.32. The minimum Gasteiger partial charge on any atom is -0.441 e. The first-order valence-electron chi connectivity index (χ1n) is 15.2. The number of amides is 2. The number of nitrogens with one attached hydrogen (secondary N) is 2. The minimum absolute atomic E-state index is 0.0458. The summed E-state index contributed by atoms with van der Waals surface area (Å²) in [6.07, 6.45) is 8.67. The van der Waals surface area contributed by atoms with Gasteiger partial charge in [-0.2, -0.15) is 0 Å². The third kappa shape index (κ3) is 9.56. The molecule has 0 unspecified atom stereocenters. The fourth-order valence-electron chi connectivity index (χ4n) is 5.80. The SMILES string of the molecule is Cc1ccc(S(=O)(=O)NC(=O)O[C@H](/C=C/[C@@H](OC(=O)NS(=O)(=O)c2ccc(C)cc2)C2CCCCC2)C2CCCCC2)cc1. The summed E-state index contributed by atoms with van der Waals surface area (Å²) in [5.74, 6) is -0.0915. The molecule has 4 rings (SSSR count). The van der Waals surface area contributed by atoms with Gasteiger partial charge in [0.25, 0.3) is 20.0 Å². The molecule has 44 heavy (non-hydrogen) atoms. The summed E-state index contributed by atoms with van der Waals surface area (Å²) in [4.78, 5) is 25.7. The fraction of sp³-hybridized carbons (Fsp3) is 0.500. The number of sulfonamides is 2. The Morgan fingerprint density at radius 2 is 0.932 bits per heavy atom. The Kier molecular flexibility index (Phi) is 11.5. The predicted molar refractivity (Wildman–Crippen MR) is 166 cm³/mol. The average molecular weight is 647 g/mol. The number of hydrogen-bond donors (Lipinski definition) is 2. The molecule has 2 aliphatic rings. The van der Waals surface area contributed by atoms with Crippen molar-refractivity contribution in [3.63, 3.8) is 0 Å². The number of benzene rings is 2. The smallest absolute Gasteiger partial charge is 0.421 e. The Bertz CT molecular complexity index is 1390. The van der Waals surface area contributed by atoms with Gasteiger partial charge in [0.05, 0.1) is 9.79 Å². The molecule has 2 aromatic rings. The van der Waals surface area contributed by atoms with Crippen LogP contribution in [0.4, 0.5) is 9.59 Å². The molecule has 0 spiro atoms. The molecule has 10 nitrogen and oxygen atoms in total. The van der Waals surface area contributed by atoms with E-state index in [1.165, 1.54) is 24.3 Å². The van der Waals surface area contributed by atoms with Crippen molar-refractivity contribution in [1.29, 1.82) is 0 Å². The van der Waals surface area contributed by atoms with Crippen molar-refractivity contribution in [3.8, 4) is 0 Å². The normalized spacial score (nSPS) is 18.3. The quantitative estimate of drug-likeness (QED) is 0.287. The van der Waals surface area contributed by atoms with Crippen LogP contribution in [0.5, 0.6) is 0 Å². The molecular weight excluding hydrogens is 604 g/mol. The molecule has 0 saturated heterocycles. The van der Waals surface area contributed by atoms with E-state index in [9.17, 15) is 26.4 Å². The molecule has 2 aromatic carbocycles. The summed E-state index contributed by atoms with van der Waals surface area (Å²) in [5.41, 5.74) is 1.76. The van der Waals surface area contributed by atoms with Gasteiger partial charge in [0.15, 0.2) is 0 Å². The van der Waals surface area contributed by atoms with E-state index < -0.39 is 44.4 Å². The van der Waals surface area contributed by atoms with Crippen molar-refractivity contribution < 1.29 is 35.9 Å². The molecule has 240 valence electrons. The standard InChI is InChI=1S/C32H42N2O8S2/c1-23-13-17-27(18-14-23)43(37,38)33-31(35)41-29(25-9-5-3-6-10-25)21-22-30(26-11-7-4-8-12-26)42-32(36)34-44(39,40)28-19-15-24(2)16-20-28/h13-22,25-26,29-30H,3-12H2,1-2H3,(H,33,35)(H,34,36)/b22-21+/t29-,30-/m1/s1. The lowest BCUT2D eigenvalue weighted by Crippen LogP contribution is -2.37. The second kappa shape index (κ2) is 15.1. The Morgan fingerprint density at radius 1 is 0.614 bits per heavy atom. The molecular formula is C32H42N2O8S2. The molecule has 2 aliphatic carbocycles. The maximum absolute atomic E-state index is 12.9. The summed E-state index contributed by atoms with van der Waals surface area (Å²) in [6.45, 7) is 3.66. The van der Waals surface area contributed by atoms with Crippen molar-refractivity contribution in [2.24, 2.45) is 11.8 Å². The van der Waals surface area contributed by atoms with Crippen LogP contribution in [0.15, 0.2) is 70.5 Å². The lowest BCUT2D eigenvalue weighted by Gasteiger charge is -2.30. The van der Waals surface area contributed by atoms with E-state index in [1.807, 2.05) is 23.3 Å². The van der Waals surface area contributed by atoms with E-state index in [1.54, 1.807) is 36.4 Å². The van der Waals surface area contributed by atoms with Gasteiger partial charge in [-0.05, 0) is 87.8 Å². The molecule has 0 aromatic heterocycles. The van der Waals surface area contributed by atoms with Gasteiger partial charge in [-0.25, -0.2) is 35.9 Å². The summed E-state index contributed by atoms with van der Waals surface area (Å²) >= 11 is 0. The van der Waals surface area contributed by atoms with Gasteiger partial charge in [0, 0.05) is 0 Å². The maximum atomic E-state index is 12.9. The van der Waals surface area contributed by atoms with Crippen LogP contribution in [0.1, 0.15) is 75.3 Å². The highest BCUT2D eigenvalue weighted by molar-refractivity contribution is 7.90. The average Bonchev–Trinajstić information content (AvgIpc) is 2.99. The number of ether oxygens (including phenoxy) is 2. The zero-order chi connectivity index (χ0) is 31.7. The second-order valence-corrected chi connectivity index (χ2v) is 15.1. The van der Waals surface area contributed by atoms with E-state index in [2.05, 4.69) is 0 Å². The number of carbonyl (C=O) groups is 2. The van der Waals surface area contributed by atoms with Crippen LogP contribution in [-0.2, 0) is 29.5 Å². The first-order chi connectivity index (χ1) is 20.9. The Morgan fingerprint density at radius 3 is 1.25 bits per heavy atom. The summed E-state index contributed by atoms with van der Waals surface area (Å²) in [6, 6.07) is 12.2. The molecule has 2 fully saturated rings. The number of carbonyl (C=O) groups excluding carboxylic acids is 2. The predicted octanol–water partition coefficient (Wildman–Crippen LogP) is 6.29. The molecule has 2 atom stereocenters. The maximum Gasteiger partial charge on any atom is 0.421 e. The first kappa shape index (κ1) is 33.5. The van der Waals surface area contributed by atoms with Gasteiger partial charge in [-0.1, -0.05) is 73.9 Å². The molecule has 2 N–H and O–H groups in total. The van der Waals surface area contributed by atoms with Gasteiger partial charge in [-0.3, -0.25) is 0 Å². The fourth-order valence-corrected chi connectivity index (χ4v) is 7.56. The van der Waals surface area contributed by atoms with Gasteiger partial charge >= 0.3 is 12.2 Å². The Labute approximate surface area is 260 Å². The van der Waals surface area contributed by atoms with Crippen LogP contribution in [0.25, 0.3) is 0 Å². The molecule has 12 heteroatoms. The van der Waals surface area contributed by atoms with E-state index in [0.29, 0.717) is 0 Å². The number of hydrogen-bond acceptors (Lipinski definition) is 8. The summed E-state index contributed by atoms with van der Waals surface area (Å²) in [5, 5.41) is 0. The lowest BCUT2D eigenvalue weighted by molar-refractivity contribution is 0.0699. The molecule has 0 bridgehead atoms. The van der Waals surface area contributed by atoms with Crippen LogP contribution < -0.4 is 9.44 Å². The first-order valence-corrected chi connectivity index (χ1v) is 18.2. The van der Waals surface area contributed by atoms with Gasteiger partial charge < -0.3 is 9.47 Å². The minimum atomic E-state index is -4.14. The van der Waals surface area contributed by atoms with Crippen LogP contribution >= 0.6 is 0 Å². The summed E-state index contributed by atoms with van der Waals surface area (Å²) in [7, 11) is -8.29. The zero-order valence-electron chi connectivity index (χ0n) is 25.2. The van der Waals surface area contributed by atoms with E-state index in [4.69, 9.17) is 9.47 Å². The Balaban J connectivity index is 1.50. The van der Waals surface area contributed by atoms with Crippen molar-refractivity contribution >= 4 is 32.2 Å².